The molecule has 33 heavy (non-hydrogen) atoms. The highest BCUT2D eigenvalue weighted by atomic mass is 79.9. The minimum atomic E-state index is -0.431. The van der Waals surface area contributed by atoms with Gasteiger partial charge in [0.25, 0.3) is 11.8 Å². The van der Waals surface area contributed by atoms with E-state index in [0.29, 0.717) is 22.0 Å². The number of carbonyl (C=O) groups is 2. The molecule has 0 aliphatic heterocycles. The molecule has 2 amide bonds. The van der Waals surface area contributed by atoms with Gasteiger partial charge in [-0.05, 0) is 69.4 Å². The molecule has 0 aliphatic rings. The van der Waals surface area contributed by atoms with Gasteiger partial charge < -0.3 is 20.7 Å². The Labute approximate surface area is 200 Å². The summed E-state index contributed by atoms with van der Waals surface area (Å²) in [6.45, 7) is -0.177. The van der Waals surface area contributed by atoms with E-state index in [1.165, 1.54) is 0 Å². The van der Waals surface area contributed by atoms with Crippen LogP contribution in [-0.4, -0.2) is 41.6 Å². The summed E-state index contributed by atoms with van der Waals surface area (Å²) in [5.74, 6) is -0.424. The third-order valence-electron chi connectivity index (χ3n) is 5.62. The van der Waals surface area contributed by atoms with Crippen molar-refractivity contribution in [1.29, 1.82) is 0 Å². The van der Waals surface area contributed by atoms with E-state index >= 15 is 0 Å². The molecule has 0 radical (unpaired) electrons. The van der Waals surface area contributed by atoms with E-state index < -0.39 is 6.04 Å². The number of halogens is 1. The Kier molecular flexibility index (Phi) is 6.91. The lowest BCUT2D eigenvalue weighted by molar-refractivity contribution is 0.0914. The van der Waals surface area contributed by atoms with E-state index in [-0.39, 0.29) is 18.4 Å². The molecule has 1 heterocycles. The maximum Gasteiger partial charge on any atom is 0.252 e. The molecule has 1 atom stereocenters. The van der Waals surface area contributed by atoms with E-state index in [0.717, 1.165) is 27.6 Å². The number of amides is 2. The van der Waals surface area contributed by atoms with Gasteiger partial charge in [-0.15, -0.1) is 0 Å². The van der Waals surface area contributed by atoms with Crippen LogP contribution in [0.15, 0.2) is 77.4 Å². The van der Waals surface area contributed by atoms with E-state index in [1.807, 2.05) is 54.7 Å². The molecule has 0 fully saturated rings. The average Bonchev–Trinajstić information content (AvgIpc) is 3.26. The number of hydrogen-bond acceptors (Lipinski definition) is 3. The van der Waals surface area contributed by atoms with E-state index in [2.05, 4.69) is 31.5 Å². The molecular weight excluding hydrogens is 482 g/mol. The molecule has 0 unspecified atom stereocenters. The fourth-order valence-electron chi connectivity index (χ4n) is 3.83. The largest absolute Gasteiger partial charge is 0.394 e. The zero-order chi connectivity index (χ0) is 23.4. The first kappa shape index (κ1) is 22.8. The Morgan fingerprint density at radius 1 is 1.00 bits per heavy atom. The maximum absolute atomic E-state index is 13.1. The second-order valence-corrected chi connectivity index (χ2v) is 8.62. The van der Waals surface area contributed by atoms with Crippen LogP contribution in [0.5, 0.6) is 0 Å². The van der Waals surface area contributed by atoms with Crippen molar-refractivity contribution in [3.05, 3.63) is 94.1 Å². The Morgan fingerprint density at radius 3 is 2.45 bits per heavy atom. The first-order valence-corrected chi connectivity index (χ1v) is 11.4. The van der Waals surface area contributed by atoms with Crippen LogP contribution >= 0.6 is 15.9 Å². The molecule has 0 saturated carbocycles. The fourth-order valence-corrected chi connectivity index (χ4v) is 4.25. The van der Waals surface area contributed by atoms with Gasteiger partial charge in [-0.2, -0.15) is 0 Å². The molecule has 0 aliphatic carbocycles. The molecule has 0 bridgehead atoms. The zero-order valence-electron chi connectivity index (χ0n) is 18.1. The van der Waals surface area contributed by atoms with Gasteiger partial charge in [0.2, 0.25) is 0 Å². The molecule has 4 rings (SSSR count). The Bertz CT molecular complexity index is 1300. The lowest BCUT2D eigenvalue weighted by atomic mass is 10.0. The van der Waals surface area contributed by atoms with Crippen LogP contribution in [0.2, 0.25) is 0 Å². The molecule has 6 nitrogen and oxygen atoms in total. The summed E-state index contributed by atoms with van der Waals surface area (Å²) in [7, 11) is 1.59. The van der Waals surface area contributed by atoms with Crippen molar-refractivity contribution in [2.45, 2.75) is 12.5 Å². The van der Waals surface area contributed by atoms with Crippen molar-refractivity contribution < 1.29 is 14.7 Å². The molecular formula is C26H24BrN3O3. The fraction of sp³-hybridized carbons (Fsp3) is 0.154. The van der Waals surface area contributed by atoms with Crippen molar-refractivity contribution in [2.24, 2.45) is 0 Å². The van der Waals surface area contributed by atoms with Crippen LogP contribution in [0.3, 0.4) is 0 Å². The van der Waals surface area contributed by atoms with Gasteiger partial charge in [0.1, 0.15) is 0 Å². The number of aromatic amines is 1. The van der Waals surface area contributed by atoms with Crippen LogP contribution < -0.4 is 10.6 Å². The van der Waals surface area contributed by atoms with Gasteiger partial charge in [0, 0.05) is 34.2 Å². The summed E-state index contributed by atoms with van der Waals surface area (Å²) >= 11 is 3.47. The quantitative estimate of drug-likeness (QED) is 0.301. The summed E-state index contributed by atoms with van der Waals surface area (Å²) in [5, 5.41) is 16.5. The van der Waals surface area contributed by atoms with Crippen molar-refractivity contribution in [2.75, 3.05) is 13.7 Å². The lowest BCUT2D eigenvalue weighted by Crippen LogP contribution is -2.39. The summed E-state index contributed by atoms with van der Waals surface area (Å²) in [6, 6.07) is 20.2. The zero-order valence-corrected chi connectivity index (χ0v) is 19.6. The number of nitrogens with one attached hydrogen (secondary N) is 3. The number of carbonyl (C=O) groups excluding carboxylic acids is 2. The number of aliphatic hydroxyl groups is 1. The first-order chi connectivity index (χ1) is 16.0. The highest BCUT2D eigenvalue weighted by molar-refractivity contribution is 9.10. The third kappa shape index (κ3) is 4.99. The first-order valence-electron chi connectivity index (χ1n) is 10.6. The SMILES string of the molecule is CNC(=O)c1ccc(-c2ccc(Br)c(C(=O)N[C@@H](CO)Cc3c[nH]c4ccccc34)c2)cc1. The molecule has 3 aromatic carbocycles. The topological polar surface area (TPSA) is 94.2 Å². The van der Waals surface area contributed by atoms with Crippen LogP contribution in [-0.2, 0) is 6.42 Å². The summed E-state index contributed by atoms with van der Waals surface area (Å²) in [4.78, 5) is 28.1. The second kappa shape index (κ2) is 10.0. The molecule has 4 N–H and O–H groups in total. The number of H-pyrrole nitrogens is 1. The van der Waals surface area contributed by atoms with Crippen LogP contribution in [0, 0.1) is 0 Å². The van der Waals surface area contributed by atoms with E-state index in [9.17, 15) is 14.7 Å². The molecule has 0 spiro atoms. The predicted molar refractivity (Wildman–Crippen MR) is 133 cm³/mol. The number of aromatic nitrogens is 1. The standard InChI is InChI=1S/C26H24BrN3O3/c1-28-25(32)17-8-6-16(7-9-17)18-10-11-23(27)22(13-18)26(33)30-20(15-31)12-19-14-29-24-5-3-2-4-21(19)24/h2-11,13-14,20,29,31H,12,15H2,1H3,(H,28,32)(H,30,33)/t20-/m1/s1. The predicted octanol–water partition coefficient (Wildman–Crippen LogP) is 4.29. The van der Waals surface area contributed by atoms with Crippen LogP contribution in [0.25, 0.3) is 22.0 Å². The van der Waals surface area contributed by atoms with Gasteiger partial charge in [-0.25, -0.2) is 0 Å². The van der Waals surface area contributed by atoms with Crippen molar-refractivity contribution >= 4 is 38.6 Å². The second-order valence-electron chi connectivity index (χ2n) is 7.77. The van der Waals surface area contributed by atoms with Crippen molar-refractivity contribution in [3.63, 3.8) is 0 Å². The normalized spacial score (nSPS) is 11.8. The van der Waals surface area contributed by atoms with Crippen molar-refractivity contribution in [1.82, 2.24) is 15.6 Å². The van der Waals surface area contributed by atoms with Crippen LogP contribution in [0.1, 0.15) is 26.3 Å². The van der Waals surface area contributed by atoms with Gasteiger partial charge in [-0.1, -0.05) is 36.4 Å². The summed E-state index contributed by atoms with van der Waals surface area (Å²) in [5.41, 5.74) is 4.84. The van der Waals surface area contributed by atoms with E-state index in [4.69, 9.17) is 0 Å². The third-order valence-corrected chi connectivity index (χ3v) is 6.31. The molecule has 4 aromatic rings. The van der Waals surface area contributed by atoms with Gasteiger partial charge in [-0.3, -0.25) is 9.59 Å². The minimum absolute atomic E-state index is 0.150. The highest BCUT2D eigenvalue weighted by Crippen LogP contribution is 2.26. The molecule has 168 valence electrons. The van der Waals surface area contributed by atoms with Gasteiger partial charge in [0.05, 0.1) is 18.2 Å². The maximum atomic E-state index is 13.1. The monoisotopic (exact) mass is 505 g/mol. The lowest BCUT2D eigenvalue weighted by Gasteiger charge is -2.17. The number of aliphatic hydroxyl groups excluding tert-OH is 1. The number of fused-ring (bicyclic) bond motifs is 1. The molecule has 0 saturated heterocycles. The average molecular weight is 506 g/mol. The van der Waals surface area contributed by atoms with Gasteiger partial charge >= 0.3 is 0 Å². The van der Waals surface area contributed by atoms with Crippen molar-refractivity contribution in [3.8, 4) is 11.1 Å². The number of benzene rings is 3. The Balaban J connectivity index is 1.53. The van der Waals surface area contributed by atoms with Crippen LogP contribution in [0.4, 0.5) is 0 Å². The minimum Gasteiger partial charge on any atom is -0.394 e. The number of rotatable bonds is 7. The van der Waals surface area contributed by atoms with Gasteiger partial charge in [0.15, 0.2) is 0 Å². The summed E-state index contributed by atoms with van der Waals surface area (Å²) in [6.07, 6.45) is 2.42. The number of para-hydroxylation sites is 1. The molecule has 1 aromatic heterocycles. The van der Waals surface area contributed by atoms with E-state index in [1.54, 1.807) is 25.2 Å². The summed E-state index contributed by atoms with van der Waals surface area (Å²) < 4.78 is 0.662. The molecule has 7 heteroatoms. The smallest absolute Gasteiger partial charge is 0.252 e. The Hall–Kier alpha value is -3.42. The Morgan fingerprint density at radius 2 is 1.73 bits per heavy atom. The highest BCUT2D eigenvalue weighted by Gasteiger charge is 2.18. The number of hydrogen-bond donors (Lipinski definition) is 4.